The highest BCUT2D eigenvalue weighted by molar-refractivity contribution is 7.99. The number of hydrogen-bond acceptors (Lipinski definition) is 7. The number of aryl methyl sites for hydroxylation is 1. The zero-order valence-electron chi connectivity index (χ0n) is 19.9. The summed E-state index contributed by atoms with van der Waals surface area (Å²) in [5.74, 6) is 2.22. The highest BCUT2D eigenvalue weighted by Crippen LogP contribution is 2.29. The quantitative estimate of drug-likeness (QED) is 0.335. The first kappa shape index (κ1) is 24.3. The van der Waals surface area contributed by atoms with Crippen molar-refractivity contribution in [2.45, 2.75) is 18.5 Å². The van der Waals surface area contributed by atoms with Crippen molar-refractivity contribution in [3.63, 3.8) is 0 Å². The molecule has 35 heavy (non-hydrogen) atoms. The Bertz CT molecular complexity index is 1290. The minimum Gasteiger partial charge on any atom is -0.493 e. The number of aromatic nitrogens is 4. The molecule has 0 aliphatic carbocycles. The lowest BCUT2D eigenvalue weighted by atomic mass is 10.1. The van der Waals surface area contributed by atoms with Gasteiger partial charge in [-0.25, -0.2) is 0 Å². The molecular formula is C26H27N5O3S. The first-order valence-electron chi connectivity index (χ1n) is 11.1. The molecule has 4 aromatic rings. The van der Waals surface area contributed by atoms with Crippen LogP contribution in [-0.4, -0.2) is 52.2 Å². The van der Waals surface area contributed by atoms with Crippen LogP contribution in [0.3, 0.4) is 0 Å². The van der Waals surface area contributed by atoms with E-state index in [1.54, 1.807) is 26.6 Å². The lowest BCUT2D eigenvalue weighted by molar-refractivity contribution is -0.118. The molecule has 2 aromatic heterocycles. The normalized spacial score (nSPS) is 10.7. The van der Waals surface area contributed by atoms with E-state index >= 15 is 0 Å². The van der Waals surface area contributed by atoms with E-state index in [-0.39, 0.29) is 11.7 Å². The second-order valence-electron chi connectivity index (χ2n) is 7.74. The minimum atomic E-state index is -0.0692. The zero-order chi connectivity index (χ0) is 24.6. The first-order valence-corrected chi connectivity index (χ1v) is 12.1. The maximum Gasteiger partial charge on any atom is 0.230 e. The van der Waals surface area contributed by atoms with Crippen LogP contribution in [0.1, 0.15) is 11.1 Å². The fraction of sp³-hybridized carbons (Fsp3) is 0.231. The Morgan fingerprint density at radius 1 is 1.00 bits per heavy atom. The summed E-state index contributed by atoms with van der Waals surface area (Å²) < 4.78 is 12.6. The number of thioether (sulfide) groups is 1. The predicted octanol–water partition coefficient (Wildman–Crippen LogP) is 4.11. The molecule has 1 amide bonds. The maximum absolute atomic E-state index is 12.6. The lowest BCUT2D eigenvalue weighted by Crippen LogP contribution is -2.27. The third-order valence-corrected chi connectivity index (χ3v) is 6.37. The summed E-state index contributed by atoms with van der Waals surface area (Å²) in [6, 6.07) is 17.6. The second kappa shape index (κ2) is 11.5. The largest absolute Gasteiger partial charge is 0.493 e. The molecule has 0 spiro atoms. The van der Waals surface area contributed by atoms with Crippen molar-refractivity contribution >= 4 is 17.7 Å². The van der Waals surface area contributed by atoms with Crippen molar-refractivity contribution in [1.82, 2.24) is 25.1 Å². The molecule has 8 nitrogen and oxygen atoms in total. The van der Waals surface area contributed by atoms with E-state index in [1.165, 1.54) is 11.8 Å². The van der Waals surface area contributed by atoms with Gasteiger partial charge < -0.3 is 14.8 Å². The average molecular weight is 490 g/mol. The summed E-state index contributed by atoms with van der Waals surface area (Å²) in [4.78, 5) is 16.7. The summed E-state index contributed by atoms with van der Waals surface area (Å²) in [6.45, 7) is 2.56. The summed E-state index contributed by atoms with van der Waals surface area (Å²) in [5, 5.41) is 12.5. The van der Waals surface area contributed by atoms with Crippen LogP contribution in [0.4, 0.5) is 0 Å². The summed E-state index contributed by atoms with van der Waals surface area (Å²) in [6.07, 6.45) is 4.14. The molecule has 0 saturated heterocycles. The van der Waals surface area contributed by atoms with Gasteiger partial charge in [0.25, 0.3) is 0 Å². The van der Waals surface area contributed by atoms with Gasteiger partial charge in [-0.3, -0.25) is 14.3 Å². The van der Waals surface area contributed by atoms with Crippen LogP contribution in [0.5, 0.6) is 11.5 Å². The Kier molecular flexibility index (Phi) is 7.99. The monoisotopic (exact) mass is 489 g/mol. The zero-order valence-corrected chi connectivity index (χ0v) is 20.7. The van der Waals surface area contributed by atoms with E-state index in [0.29, 0.717) is 35.4 Å². The third kappa shape index (κ3) is 5.81. The molecule has 0 fully saturated rings. The predicted molar refractivity (Wildman–Crippen MR) is 136 cm³/mol. The Morgan fingerprint density at radius 3 is 2.51 bits per heavy atom. The molecule has 180 valence electrons. The van der Waals surface area contributed by atoms with Gasteiger partial charge in [-0.1, -0.05) is 36.0 Å². The average Bonchev–Trinajstić information content (AvgIpc) is 3.32. The van der Waals surface area contributed by atoms with Crippen LogP contribution in [0, 0.1) is 6.92 Å². The highest BCUT2D eigenvalue weighted by atomic mass is 32.2. The molecular weight excluding hydrogens is 462 g/mol. The Hall–Kier alpha value is -3.85. The summed E-state index contributed by atoms with van der Waals surface area (Å²) in [7, 11) is 3.21. The fourth-order valence-corrected chi connectivity index (χ4v) is 4.42. The van der Waals surface area contributed by atoms with Crippen LogP contribution in [0.15, 0.2) is 72.1 Å². The van der Waals surface area contributed by atoms with E-state index in [2.05, 4.69) is 20.5 Å². The smallest absolute Gasteiger partial charge is 0.230 e. The van der Waals surface area contributed by atoms with E-state index < -0.39 is 0 Å². The number of pyridine rings is 1. The standard InChI is InChI=1S/C26H27N5O3S/c1-18-6-4-5-7-21(18)31-25(20-11-13-27-14-12-20)29-30-26(31)35-17-24(32)28-15-10-19-8-9-22(33-2)23(16-19)34-3/h4-9,11-14,16H,10,15,17H2,1-3H3,(H,28,32). The second-order valence-corrected chi connectivity index (χ2v) is 8.68. The Morgan fingerprint density at radius 2 is 1.77 bits per heavy atom. The van der Waals surface area contributed by atoms with Crippen LogP contribution >= 0.6 is 11.8 Å². The Balaban J connectivity index is 1.43. The van der Waals surface area contributed by atoms with Crippen LogP contribution in [0.2, 0.25) is 0 Å². The third-order valence-electron chi connectivity index (χ3n) is 5.44. The van der Waals surface area contributed by atoms with Crippen molar-refractivity contribution in [1.29, 1.82) is 0 Å². The number of benzene rings is 2. The number of ether oxygens (including phenoxy) is 2. The molecule has 2 heterocycles. The molecule has 0 bridgehead atoms. The number of carbonyl (C=O) groups is 1. The Labute approximate surface area is 208 Å². The van der Waals surface area contributed by atoms with Crippen molar-refractivity contribution in [3.8, 4) is 28.6 Å². The van der Waals surface area contributed by atoms with Crippen molar-refractivity contribution in [3.05, 3.63) is 78.1 Å². The van der Waals surface area contributed by atoms with E-state index in [4.69, 9.17) is 9.47 Å². The van der Waals surface area contributed by atoms with E-state index in [0.717, 1.165) is 22.4 Å². The van der Waals surface area contributed by atoms with Crippen molar-refractivity contribution in [2.24, 2.45) is 0 Å². The van der Waals surface area contributed by atoms with Gasteiger partial charge in [-0.2, -0.15) is 0 Å². The van der Waals surface area contributed by atoms with Crippen LogP contribution < -0.4 is 14.8 Å². The van der Waals surface area contributed by atoms with Gasteiger partial charge >= 0.3 is 0 Å². The SMILES string of the molecule is COc1ccc(CCNC(=O)CSc2nnc(-c3ccncc3)n2-c2ccccc2C)cc1OC. The number of hydrogen-bond donors (Lipinski definition) is 1. The van der Waals surface area contributed by atoms with Gasteiger partial charge in [0, 0.05) is 24.5 Å². The first-order chi connectivity index (χ1) is 17.1. The lowest BCUT2D eigenvalue weighted by Gasteiger charge is -2.13. The van der Waals surface area contributed by atoms with Gasteiger partial charge in [-0.15, -0.1) is 10.2 Å². The van der Waals surface area contributed by atoms with E-state index in [1.807, 2.05) is 66.1 Å². The number of para-hydroxylation sites is 1. The van der Waals surface area contributed by atoms with Gasteiger partial charge in [-0.05, 0) is 54.8 Å². The number of nitrogens with zero attached hydrogens (tertiary/aromatic N) is 4. The molecule has 1 N–H and O–H groups in total. The molecule has 0 unspecified atom stereocenters. The molecule has 4 rings (SSSR count). The maximum atomic E-state index is 12.6. The van der Waals surface area contributed by atoms with E-state index in [9.17, 15) is 4.79 Å². The molecule has 0 radical (unpaired) electrons. The molecule has 0 atom stereocenters. The fourth-order valence-electron chi connectivity index (χ4n) is 3.65. The minimum absolute atomic E-state index is 0.0692. The molecule has 0 aliphatic heterocycles. The topological polar surface area (TPSA) is 91.2 Å². The molecule has 0 saturated carbocycles. The molecule has 0 aliphatic rings. The van der Waals surface area contributed by atoms with Gasteiger partial charge in [0.2, 0.25) is 5.91 Å². The summed E-state index contributed by atoms with van der Waals surface area (Å²) >= 11 is 1.36. The highest BCUT2D eigenvalue weighted by Gasteiger charge is 2.18. The molecule has 2 aromatic carbocycles. The van der Waals surface area contributed by atoms with Gasteiger partial charge in [0.05, 0.1) is 25.7 Å². The number of amides is 1. The van der Waals surface area contributed by atoms with Crippen LogP contribution in [0.25, 0.3) is 17.1 Å². The number of carbonyl (C=O) groups excluding carboxylic acids is 1. The number of methoxy groups -OCH3 is 2. The number of nitrogens with one attached hydrogen (secondary N) is 1. The number of rotatable bonds is 10. The van der Waals surface area contributed by atoms with Gasteiger partial charge in [0.15, 0.2) is 22.5 Å². The van der Waals surface area contributed by atoms with Crippen molar-refractivity contribution < 1.29 is 14.3 Å². The summed E-state index contributed by atoms with van der Waals surface area (Å²) in [5.41, 5.74) is 4.02. The van der Waals surface area contributed by atoms with Crippen molar-refractivity contribution in [2.75, 3.05) is 26.5 Å². The van der Waals surface area contributed by atoms with Gasteiger partial charge in [0.1, 0.15) is 0 Å². The molecule has 9 heteroatoms. The van der Waals surface area contributed by atoms with Crippen LogP contribution in [-0.2, 0) is 11.2 Å².